The maximum absolute atomic E-state index is 12.4. The summed E-state index contributed by atoms with van der Waals surface area (Å²) in [6.07, 6.45) is -0.956. The summed E-state index contributed by atoms with van der Waals surface area (Å²) in [5.74, 6) is -1.04. The van der Waals surface area contributed by atoms with E-state index in [-0.39, 0.29) is 10.6 Å². The topological polar surface area (TPSA) is 55.4 Å². The van der Waals surface area contributed by atoms with Crippen molar-refractivity contribution < 1.29 is 14.3 Å². The number of amides is 1. The van der Waals surface area contributed by atoms with Gasteiger partial charge in [0.05, 0.1) is 10.6 Å². The molecule has 1 N–H and O–H groups in total. The van der Waals surface area contributed by atoms with Crippen molar-refractivity contribution in [2.24, 2.45) is 0 Å². The molecule has 0 saturated carbocycles. The number of hydrogen-bond acceptors (Lipinski definition) is 3. The number of halogens is 1. The number of benzene rings is 3. The highest BCUT2D eigenvalue weighted by Crippen LogP contribution is 2.23. The SMILES string of the molecule is C[C@H](OC(=O)c1ccccc1Cl)C(=O)Nc1cccc2ccccc12. The van der Waals surface area contributed by atoms with Gasteiger partial charge in [-0.1, -0.05) is 60.1 Å². The van der Waals surface area contributed by atoms with E-state index < -0.39 is 18.0 Å². The Kier molecular flexibility index (Phi) is 5.00. The van der Waals surface area contributed by atoms with Crippen LogP contribution in [0.25, 0.3) is 10.8 Å². The molecule has 5 heteroatoms. The number of carbonyl (C=O) groups is 2. The first kappa shape index (κ1) is 17.0. The molecule has 0 aromatic heterocycles. The summed E-state index contributed by atoms with van der Waals surface area (Å²) in [5.41, 5.74) is 0.901. The Bertz CT molecular complexity index is 934. The molecule has 1 atom stereocenters. The zero-order chi connectivity index (χ0) is 17.8. The maximum Gasteiger partial charge on any atom is 0.340 e. The predicted octanol–water partition coefficient (Wildman–Crippen LogP) is 4.68. The Morgan fingerprint density at radius 1 is 0.960 bits per heavy atom. The number of carbonyl (C=O) groups excluding carboxylic acids is 2. The molecule has 3 aromatic carbocycles. The zero-order valence-electron chi connectivity index (χ0n) is 13.5. The predicted molar refractivity (Wildman–Crippen MR) is 98.9 cm³/mol. The minimum absolute atomic E-state index is 0.231. The smallest absolute Gasteiger partial charge is 0.340 e. The molecule has 3 aromatic rings. The molecule has 25 heavy (non-hydrogen) atoms. The van der Waals surface area contributed by atoms with E-state index in [1.54, 1.807) is 24.3 Å². The number of anilines is 1. The lowest BCUT2D eigenvalue weighted by Gasteiger charge is -2.15. The van der Waals surface area contributed by atoms with E-state index in [1.807, 2.05) is 42.5 Å². The molecule has 0 aliphatic carbocycles. The number of hydrogen-bond donors (Lipinski definition) is 1. The summed E-state index contributed by atoms with van der Waals surface area (Å²) < 4.78 is 5.23. The normalized spacial score (nSPS) is 11.8. The van der Waals surface area contributed by atoms with Crippen molar-refractivity contribution in [2.45, 2.75) is 13.0 Å². The molecule has 0 saturated heterocycles. The first-order valence-electron chi connectivity index (χ1n) is 7.80. The summed E-state index contributed by atoms with van der Waals surface area (Å²) in [6, 6.07) is 19.9. The fourth-order valence-electron chi connectivity index (χ4n) is 2.47. The molecule has 0 radical (unpaired) electrons. The molecule has 0 heterocycles. The van der Waals surface area contributed by atoms with Gasteiger partial charge in [0.2, 0.25) is 0 Å². The maximum atomic E-state index is 12.4. The van der Waals surface area contributed by atoms with E-state index in [1.165, 1.54) is 6.92 Å². The van der Waals surface area contributed by atoms with E-state index in [2.05, 4.69) is 5.32 Å². The van der Waals surface area contributed by atoms with Crippen LogP contribution in [-0.2, 0) is 9.53 Å². The van der Waals surface area contributed by atoms with Crippen molar-refractivity contribution >= 4 is 39.9 Å². The van der Waals surface area contributed by atoms with Crippen LogP contribution in [-0.4, -0.2) is 18.0 Å². The monoisotopic (exact) mass is 353 g/mol. The molecule has 1 amide bonds. The number of rotatable bonds is 4. The van der Waals surface area contributed by atoms with Gasteiger partial charge in [-0.3, -0.25) is 4.79 Å². The van der Waals surface area contributed by atoms with Crippen LogP contribution in [0.15, 0.2) is 66.7 Å². The molecule has 0 spiro atoms. The molecule has 4 nitrogen and oxygen atoms in total. The van der Waals surface area contributed by atoms with Gasteiger partial charge in [-0.15, -0.1) is 0 Å². The van der Waals surface area contributed by atoms with Crippen molar-refractivity contribution in [2.75, 3.05) is 5.32 Å². The van der Waals surface area contributed by atoms with Crippen molar-refractivity contribution in [3.05, 3.63) is 77.3 Å². The van der Waals surface area contributed by atoms with Gasteiger partial charge in [0.1, 0.15) is 0 Å². The number of nitrogens with one attached hydrogen (secondary N) is 1. The average molecular weight is 354 g/mol. The van der Waals surface area contributed by atoms with Crippen LogP contribution in [0.5, 0.6) is 0 Å². The summed E-state index contributed by atoms with van der Waals surface area (Å²) in [5, 5.41) is 5.03. The van der Waals surface area contributed by atoms with E-state index >= 15 is 0 Å². The van der Waals surface area contributed by atoms with Crippen LogP contribution in [0.3, 0.4) is 0 Å². The van der Waals surface area contributed by atoms with Gasteiger partial charge in [0.25, 0.3) is 5.91 Å². The number of esters is 1. The Morgan fingerprint density at radius 3 is 2.44 bits per heavy atom. The highest BCUT2D eigenvalue weighted by Gasteiger charge is 2.20. The summed E-state index contributed by atoms with van der Waals surface area (Å²) in [6.45, 7) is 1.52. The van der Waals surface area contributed by atoms with Gasteiger partial charge in [-0.05, 0) is 30.5 Å². The molecule has 126 valence electrons. The van der Waals surface area contributed by atoms with E-state index in [0.29, 0.717) is 5.69 Å². The zero-order valence-corrected chi connectivity index (χ0v) is 14.3. The van der Waals surface area contributed by atoms with Crippen LogP contribution in [0.1, 0.15) is 17.3 Å². The van der Waals surface area contributed by atoms with Crippen molar-refractivity contribution in [1.29, 1.82) is 0 Å². The standard InChI is InChI=1S/C20H16ClNO3/c1-13(25-20(24)16-10-4-5-11-17(16)21)19(23)22-18-12-6-8-14-7-2-3-9-15(14)18/h2-13H,1H3,(H,22,23)/t13-/m0/s1. The van der Waals surface area contributed by atoms with E-state index in [0.717, 1.165) is 10.8 Å². The second-order valence-corrected chi connectivity index (χ2v) is 5.95. The Morgan fingerprint density at radius 2 is 1.64 bits per heavy atom. The van der Waals surface area contributed by atoms with Crippen LogP contribution in [0, 0.1) is 0 Å². The van der Waals surface area contributed by atoms with Gasteiger partial charge in [0.15, 0.2) is 6.10 Å². The Labute approximate surface area is 150 Å². The third-order valence-corrected chi connectivity index (χ3v) is 4.12. The van der Waals surface area contributed by atoms with Crippen LogP contribution in [0.4, 0.5) is 5.69 Å². The number of ether oxygens (including phenoxy) is 1. The first-order chi connectivity index (χ1) is 12.1. The summed E-state index contributed by atoms with van der Waals surface area (Å²) in [7, 11) is 0. The van der Waals surface area contributed by atoms with E-state index in [4.69, 9.17) is 16.3 Å². The average Bonchev–Trinajstić information content (AvgIpc) is 2.62. The van der Waals surface area contributed by atoms with Gasteiger partial charge >= 0.3 is 5.97 Å². The van der Waals surface area contributed by atoms with Gasteiger partial charge in [-0.25, -0.2) is 4.79 Å². The van der Waals surface area contributed by atoms with Gasteiger partial charge in [0, 0.05) is 11.1 Å². The fourth-order valence-corrected chi connectivity index (χ4v) is 2.69. The van der Waals surface area contributed by atoms with Gasteiger partial charge in [-0.2, -0.15) is 0 Å². The first-order valence-corrected chi connectivity index (χ1v) is 8.18. The lowest BCUT2D eigenvalue weighted by molar-refractivity contribution is -0.123. The quantitative estimate of drug-likeness (QED) is 0.693. The molecule has 0 fully saturated rings. The van der Waals surface area contributed by atoms with Crippen LogP contribution in [0.2, 0.25) is 5.02 Å². The van der Waals surface area contributed by atoms with Crippen LogP contribution >= 0.6 is 11.6 Å². The minimum atomic E-state index is -0.956. The fraction of sp³-hybridized carbons (Fsp3) is 0.100. The second-order valence-electron chi connectivity index (χ2n) is 5.54. The van der Waals surface area contributed by atoms with E-state index in [9.17, 15) is 9.59 Å². The molecule has 0 aliphatic heterocycles. The highest BCUT2D eigenvalue weighted by atomic mass is 35.5. The second kappa shape index (κ2) is 7.36. The minimum Gasteiger partial charge on any atom is -0.449 e. The largest absolute Gasteiger partial charge is 0.449 e. The highest BCUT2D eigenvalue weighted by molar-refractivity contribution is 6.33. The van der Waals surface area contributed by atoms with Crippen molar-refractivity contribution in [3.8, 4) is 0 Å². The molecular formula is C20H16ClNO3. The third kappa shape index (κ3) is 3.80. The Balaban J connectivity index is 1.72. The molecular weight excluding hydrogens is 338 g/mol. The molecule has 0 aliphatic rings. The Hall–Kier alpha value is -2.85. The van der Waals surface area contributed by atoms with Gasteiger partial charge < -0.3 is 10.1 Å². The summed E-state index contributed by atoms with van der Waals surface area (Å²) in [4.78, 5) is 24.5. The molecule has 0 unspecified atom stereocenters. The molecule has 0 bridgehead atoms. The van der Waals surface area contributed by atoms with Crippen molar-refractivity contribution in [3.63, 3.8) is 0 Å². The summed E-state index contributed by atoms with van der Waals surface area (Å²) >= 11 is 5.98. The lowest BCUT2D eigenvalue weighted by atomic mass is 10.1. The van der Waals surface area contributed by atoms with Crippen LogP contribution < -0.4 is 5.32 Å². The van der Waals surface area contributed by atoms with Crippen molar-refractivity contribution in [1.82, 2.24) is 0 Å². The number of fused-ring (bicyclic) bond motifs is 1. The third-order valence-electron chi connectivity index (χ3n) is 3.79. The molecule has 3 rings (SSSR count). The lowest BCUT2D eigenvalue weighted by Crippen LogP contribution is -2.30.